The third-order valence-corrected chi connectivity index (χ3v) is 6.03. The van der Waals surface area contributed by atoms with Crippen LogP contribution in [0.15, 0.2) is 84.0 Å². The van der Waals surface area contributed by atoms with Gasteiger partial charge in [0, 0.05) is 11.3 Å². The molecule has 5 rings (SSSR count). The maximum absolute atomic E-state index is 12.4. The highest BCUT2D eigenvalue weighted by Gasteiger charge is 2.21. The van der Waals surface area contributed by atoms with Gasteiger partial charge in [-0.2, -0.15) is 0 Å². The molecule has 170 valence electrons. The molecule has 0 spiro atoms. The third-order valence-electron chi connectivity index (χ3n) is 5.10. The zero-order chi connectivity index (χ0) is 23.3. The van der Waals surface area contributed by atoms with Crippen LogP contribution in [0.2, 0.25) is 0 Å². The Labute approximate surface area is 199 Å². The van der Waals surface area contributed by atoms with Crippen LogP contribution in [0.25, 0.3) is 17.1 Å². The molecule has 2 heterocycles. The highest BCUT2D eigenvalue weighted by Crippen LogP contribution is 2.37. The van der Waals surface area contributed by atoms with E-state index < -0.39 is 5.91 Å². The summed E-state index contributed by atoms with van der Waals surface area (Å²) in [6.45, 7) is 0.184. The van der Waals surface area contributed by atoms with E-state index in [1.807, 2.05) is 83.4 Å². The van der Waals surface area contributed by atoms with Crippen LogP contribution in [0.5, 0.6) is 11.5 Å². The summed E-state index contributed by atoms with van der Waals surface area (Å²) in [5.41, 5.74) is 2.50. The van der Waals surface area contributed by atoms with E-state index in [0.29, 0.717) is 22.5 Å². The lowest BCUT2D eigenvalue weighted by atomic mass is 10.1. The molecular formula is C25H20N4O4S. The minimum Gasteiger partial charge on any atom is -0.454 e. The topological polar surface area (TPSA) is 95.3 Å². The fraction of sp³-hybridized carbons (Fsp3) is 0.120. The SMILES string of the molecule is O=C(CSc1nnc(-c2ccc3c(c2)OCO3)n1-c1ccccc1)NC(=O)Cc1ccccc1. The van der Waals surface area contributed by atoms with Gasteiger partial charge in [0.25, 0.3) is 0 Å². The zero-order valence-electron chi connectivity index (χ0n) is 18.0. The van der Waals surface area contributed by atoms with Crippen LogP contribution in [0.4, 0.5) is 0 Å². The van der Waals surface area contributed by atoms with E-state index >= 15 is 0 Å². The lowest BCUT2D eigenvalue weighted by molar-refractivity contribution is -0.128. The number of ether oxygens (including phenoxy) is 2. The van der Waals surface area contributed by atoms with Gasteiger partial charge in [-0.25, -0.2) is 0 Å². The Kier molecular flexibility index (Phi) is 6.26. The number of para-hydroxylation sites is 1. The van der Waals surface area contributed by atoms with Gasteiger partial charge in [0.05, 0.1) is 12.2 Å². The lowest BCUT2D eigenvalue weighted by Crippen LogP contribution is -2.33. The van der Waals surface area contributed by atoms with Crippen LogP contribution in [0.3, 0.4) is 0 Å². The standard InChI is InChI=1S/C25H20N4O4S/c30-22(13-17-7-3-1-4-8-17)26-23(31)15-34-25-28-27-24(29(25)19-9-5-2-6-10-19)18-11-12-20-21(14-18)33-16-32-20/h1-12,14H,13,15-16H2,(H,26,30,31). The van der Waals surface area contributed by atoms with Crippen LogP contribution in [0, 0.1) is 0 Å². The average Bonchev–Trinajstić information content (AvgIpc) is 3.50. The third kappa shape index (κ3) is 4.79. The molecule has 0 fully saturated rings. The second-order valence-corrected chi connectivity index (χ2v) is 8.41. The first-order chi connectivity index (χ1) is 16.7. The molecule has 8 nitrogen and oxygen atoms in total. The van der Waals surface area contributed by atoms with Crippen molar-refractivity contribution in [3.8, 4) is 28.6 Å². The van der Waals surface area contributed by atoms with Gasteiger partial charge in [-0.15, -0.1) is 10.2 Å². The number of benzene rings is 3. The van der Waals surface area contributed by atoms with E-state index in [1.165, 1.54) is 11.8 Å². The number of amides is 2. The summed E-state index contributed by atoms with van der Waals surface area (Å²) >= 11 is 1.21. The molecule has 34 heavy (non-hydrogen) atoms. The fourth-order valence-corrected chi connectivity index (χ4v) is 4.29. The molecule has 0 saturated heterocycles. The van der Waals surface area contributed by atoms with Crippen LogP contribution >= 0.6 is 11.8 Å². The van der Waals surface area contributed by atoms with Crippen molar-refractivity contribution in [1.82, 2.24) is 20.1 Å². The number of rotatable bonds is 7. The number of nitrogens with zero attached hydrogens (tertiary/aromatic N) is 3. The van der Waals surface area contributed by atoms with Crippen molar-refractivity contribution >= 4 is 23.6 Å². The Morgan fingerprint density at radius 3 is 2.41 bits per heavy atom. The second-order valence-electron chi connectivity index (χ2n) is 7.47. The van der Waals surface area contributed by atoms with Gasteiger partial charge in [0.2, 0.25) is 18.6 Å². The van der Waals surface area contributed by atoms with Gasteiger partial charge < -0.3 is 9.47 Å². The van der Waals surface area contributed by atoms with Crippen molar-refractivity contribution in [3.63, 3.8) is 0 Å². The number of fused-ring (bicyclic) bond motifs is 1. The maximum atomic E-state index is 12.4. The zero-order valence-corrected chi connectivity index (χ0v) is 18.8. The number of imide groups is 1. The summed E-state index contributed by atoms with van der Waals surface area (Å²) in [4.78, 5) is 24.6. The minimum absolute atomic E-state index is 0.0205. The van der Waals surface area contributed by atoms with Gasteiger partial charge in [0.1, 0.15) is 0 Å². The van der Waals surface area contributed by atoms with E-state index in [1.54, 1.807) is 0 Å². The Bertz CT molecular complexity index is 1330. The summed E-state index contributed by atoms with van der Waals surface area (Å²) in [5, 5.41) is 11.7. The summed E-state index contributed by atoms with van der Waals surface area (Å²) in [6, 6.07) is 24.5. The van der Waals surface area contributed by atoms with E-state index in [0.717, 1.165) is 16.8 Å². The monoisotopic (exact) mass is 472 g/mol. The predicted octanol–water partition coefficient (Wildman–Crippen LogP) is 3.64. The second kappa shape index (κ2) is 9.80. The highest BCUT2D eigenvalue weighted by atomic mass is 32.2. The number of hydrogen-bond donors (Lipinski definition) is 1. The lowest BCUT2D eigenvalue weighted by Gasteiger charge is -2.11. The normalized spacial score (nSPS) is 11.9. The summed E-state index contributed by atoms with van der Waals surface area (Å²) < 4.78 is 12.8. The number of carbonyl (C=O) groups is 2. The van der Waals surface area contributed by atoms with E-state index in [-0.39, 0.29) is 24.9 Å². The van der Waals surface area contributed by atoms with E-state index in [2.05, 4.69) is 15.5 Å². The van der Waals surface area contributed by atoms with Crippen LogP contribution in [0.1, 0.15) is 5.56 Å². The van der Waals surface area contributed by atoms with Crippen LogP contribution in [-0.4, -0.2) is 39.1 Å². The summed E-state index contributed by atoms with van der Waals surface area (Å²) in [6.07, 6.45) is 0.145. The molecule has 9 heteroatoms. The van der Waals surface area contributed by atoms with E-state index in [9.17, 15) is 9.59 Å². The molecule has 0 saturated carbocycles. The molecular weight excluding hydrogens is 452 g/mol. The van der Waals surface area contributed by atoms with E-state index in [4.69, 9.17) is 9.47 Å². The molecule has 4 aromatic rings. The van der Waals surface area contributed by atoms with Crippen molar-refractivity contribution < 1.29 is 19.1 Å². The van der Waals surface area contributed by atoms with Gasteiger partial charge in [-0.1, -0.05) is 60.3 Å². The molecule has 0 radical (unpaired) electrons. The fourth-order valence-electron chi connectivity index (χ4n) is 3.54. The number of hydrogen-bond acceptors (Lipinski definition) is 7. The van der Waals surface area contributed by atoms with Crippen molar-refractivity contribution in [2.24, 2.45) is 0 Å². The molecule has 3 aromatic carbocycles. The van der Waals surface area contributed by atoms with Gasteiger partial charge in [0.15, 0.2) is 22.5 Å². The quantitative estimate of drug-likeness (QED) is 0.410. The van der Waals surface area contributed by atoms with Crippen molar-refractivity contribution in [2.75, 3.05) is 12.5 Å². The Morgan fingerprint density at radius 2 is 1.62 bits per heavy atom. The number of nitrogens with one attached hydrogen (secondary N) is 1. The molecule has 0 aliphatic carbocycles. The molecule has 2 amide bonds. The highest BCUT2D eigenvalue weighted by molar-refractivity contribution is 7.99. The molecule has 0 unspecified atom stereocenters. The molecule has 1 N–H and O–H groups in total. The van der Waals surface area contributed by atoms with Gasteiger partial charge in [-0.3, -0.25) is 19.5 Å². The number of aromatic nitrogens is 3. The smallest absolute Gasteiger partial charge is 0.237 e. The summed E-state index contributed by atoms with van der Waals surface area (Å²) in [5.74, 6) is 1.21. The maximum Gasteiger partial charge on any atom is 0.237 e. The van der Waals surface area contributed by atoms with Crippen molar-refractivity contribution in [3.05, 3.63) is 84.4 Å². The molecule has 1 aliphatic rings. The molecule has 0 bridgehead atoms. The first kappa shape index (κ1) is 21.7. The Balaban J connectivity index is 1.34. The average molecular weight is 473 g/mol. The van der Waals surface area contributed by atoms with Crippen molar-refractivity contribution in [2.45, 2.75) is 11.6 Å². The summed E-state index contributed by atoms with van der Waals surface area (Å²) in [7, 11) is 0. The first-order valence-corrected chi connectivity index (χ1v) is 11.6. The minimum atomic E-state index is -0.391. The molecule has 1 aromatic heterocycles. The Morgan fingerprint density at radius 1 is 0.882 bits per heavy atom. The van der Waals surface area contributed by atoms with Gasteiger partial charge in [-0.05, 0) is 35.9 Å². The van der Waals surface area contributed by atoms with Crippen LogP contribution < -0.4 is 14.8 Å². The van der Waals surface area contributed by atoms with Crippen molar-refractivity contribution in [1.29, 1.82) is 0 Å². The van der Waals surface area contributed by atoms with Crippen LogP contribution in [-0.2, 0) is 16.0 Å². The largest absolute Gasteiger partial charge is 0.454 e. The number of carbonyl (C=O) groups excluding carboxylic acids is 2. The Hall–Kier alpha value is -4.11. The first-order valence-electron chi connectivity index (χ1n) is 10.6. The van der Waals surface area contributed by atoms with Gasteiger partial charge >= 0.3 is 0 Å². The molecule has 0 atom stereocenters. The number of thioether (sulfide) groups is 1. The molecule has 1 aliphatic heterocycles. The predicted molar refractivity (Wildman–Crippen MR) is 127 cm³/mol.